The predicted molar refractivity (Wildman–Crippen MR) is 81.6 cm³/mol. The second kappa shape index (κ2) is 5.89. The molecule has 0 spiro atoms. The molecule has 3 rings (SSSR count). The van der Waals surface area contributed by atoms with Gasteiger partial charge >= 0.3 is 0 Å². The van der Waals surface area contributed by atoms with Crippen LogP contribution in [0.25, 0.3) is 11.1 Å². The number of aromatic nitrogens is 1. The molecule has 0 radical (unpaired) electrons. The maximum Gasteiger partial charge on any atom is 0.203 e. The highest BCUT2D eigenvalue weighted by Crippen LogP contribution is 2.24. The lowest BCUT2D eigenvalue weighted by Gasteiger charge is -2.07. The number of benzene rings is 2. The second-order valence-corrected chi connectivity index (χ2v) is 4.78. The van der Waals surface area contributed by atoms with Crippen LogP contribution in [0.2, 0.25) is 0 Å². The summed E-state index contributed by atoms with van der Waals surface area (Å²) in [4.78, 5) is 16.7. The van der Waals surface area contributed by atoms with Gasteiger partial charge in [-0.15, -0.1) is 0 Å². The summed E-state index contributed by atoms with van der Waals surface area (Å²) >= 11 is 0. The monoisotopic (exact) mass is 297 g/mol. The summed E-state index contributed by atoms with van der Waals surface area (Å²) in [6.45, 7) is 0. The molecule has 3 aromatic rings. The second-order valence-electron chi connectivity index (χ2n) is 4.78. The molecule has 112 valence electrons. The molecule has 0 aliphatic rings. The summed E-state index contributed by atoms with van der Waals surface area (Å²) in [6.07, 6.45) is 0.0883. The molecule has 0 aliphatic heterocycles. The zero-order valence-electron chi connectivity index (χ0n) is 12.3. The van der Waals surface area contributed by atoms with E-state index < -0.39 is 0 Å². The Bertz CT molecular complexity index is 767. The third kappa shape index (κ3) is 2.79. The largest absolute Gasteiger partial charge is 0.497 e. The number of hydrogen-bond donors (Lipinski definition) is 0. The fourth-order valence-corrected chi connectivity index (χ4v) is 2.20. The predicted octanol–water partition coefficient (Wildman–Crippen LogP) is 3.27. The van der Waals surface area contributed by atoms with Gasteiger partial charge in [0.25, 0.3) is 0 Å². The number of oxazole rings is 1. The van der Waals surface area contributed by atoms with Gasteiger partial charge in [-0.25, -0.2) is 4.98 Å². The lowest BCUT2D eigenvalue weighted by molar-refractivity contribution is 0.0985. The first kappa shape index (κ1) is 14.1. The number of rotatable bonds is 5. The SMILES string of the molecule is COc1cc(OC)cc(C(=O)Cc2nc3ccccc3o2)c1. The molecule has 22 heavy (non-hydrogen) atoms. The van der Waals surface area contributed by atoms with Crippen LogP contribution in [0, 0.1) is 0 Å². The van der Waals surface area contributed by atoms with Crippen LogP contribution in [0.4, 0.5) is 0 Å². The zero-order chi connectivity index (χ0) is 15.5. The Morgan fingerprint density at radius 3 is 2.41 bits per heavy atom. The highest BCUT2D eigenvalue weighted by molar-refractivity contribution is 5.98. The van der Waals surface area contributed by atoms with Gasteiger partial charge in [-0.2, -0.15) is 0 Å². The van der Waals surface area contributed by atoms with Gasteiger partial charge in [-0.1, -0.05) is 12.1 Å². The molecular weight excluding hydrogens is 282 g/mol. The van der Waals surface area contributed by atoms with Crippen LogP contribution in [0.1, 0.15) is 16.2 Å². The van der Waals surface area contributed by atoms with E-state index in [1.165, 1.54) is 0 Å². The fourth-order valence-electron chi connectivity index (χ4n) is 2.20. The van der Waals surface area contributed by atoms with Crippen molar-refractivity contribution < 1.29 is 18.7 Å². The number of ether oxygens (including phenoxy) is 2. The van der Waals surface area contributed by atoms with E-state index in [1.54, 1.807) is 32.4 Å². The van der Waals surface area contributed by atoms with Crippen molar-refractivity contribution in [3.63, 3.8) is 0 Å². The summed E-state index contributed by atoms with van der Waals surface area (Å²) in [5, 5.41) is 0. The Morgan fingerprint density at radius 2 is 1.77 bits per heavy atom. The summed E-state index contributed by atoms with van der Waals surface area (Å²) < 4.78 is 15.9. The van der Waals surface area contributed by atoms with E-state index in [4.69, 9.17) is 13.9 Å². The number of methoxy groups -OCH3 is 2. The van der Waals surface area contributed by atoms with E-state index in [1.807, 2.05) is 24.3 Å². The van der Waals surface area contributed by atoms with Gasteiger partial charge in [-0.3, -0.25) is 4.79 Å². The van der Waals surface area contributed by atoms with E-state index in [0.29, 0.717) is 28.5 Å². The van der Waals surface area contributed by atoms with Crippen LogP contribution in [0.3, 0.4) is 0 Å². The van der Waals surface area contributed by atoms with Crippen LogP contribution in [-0.4, -0.2) is 25.0 Å². The number of carbonyl (C=O) groups excluding carboxylic acids is 1. The summed E-state index contributed by atoms with van der Waals surface area (Å²) in [6, 6.07) is 12.5. The maximum absolute atomic E-state index is 12.4. The molecule has 0 saturated carbocycles. The third-order valence-electron chi connectivity index (χ3n) is 3.32. The highest BCUT2D eigenvalue weighted by Gasteiger charge is 2.14. The summed E-state index contributed by atoms with van der Waals surface area (Å²) in [7, 11) is 3.09. The van der Waals surface area contributed by atoms with Gasteiger partial charge < -0.3 is 13.9 Å². The third-order valence-corrected chi connectivity index (χ3v) is 3.32. The molecule has 0 bridgehead atoms. The number of carbonyl (C=O) groups is 1. The van der Waals surface area contributed by atoms with Crippen LogP contribution in [0.5, 0.6) is 11.5 Å². The minimum absolute atomic E-state index is 0.0883. The summed E-state index contributed by atoms with van der Waals surface area (Å²) in [5.74, 6) is 1.43. The molecule has 0 amide bonds. The van der Waals surface area contributed by atoms with Crippen LogP contribution in [0.15, 0.2) is 46.9 Å². The first-order valence-corrected chi connectivity index (χ1v) is 6.80. The Morgan fingerprint density at radius 1 is 1.09 bits per heavy atom. The van der Waals surface area contributed by atoms with E-state index in [2.05, 4.69) is 4.98 Å². The minimum Gasteiger partial charge on any atom is -0.497 e. The minimum atomic E-state index is -0.108. The normalized spacial score (nSPS) is 10.6. The number of Topliss-reactive ketones (excluding diaryl/α,β-unsaturated/α-hetero) is 1. The lowest BCUT2D eigenvalue weighted by Crippen LogP contribution is -2.04. The smallest absolute Gasteiger partial charge is 0.203 e. The van der Waals surface area contributed by atoms with E-state index in [0.717, 1.165) is 5.52 Å². The maximum atomic E-state index is 12.4. The van der Waals surface area contributed by atoms with Gasteiger partial charge in [-0.05, 0) is 24.3 Å². The van der Waals surface area contributed by atoms with E-state index >= 15 is 0 Å². The molecule has 0 N–H and O–H groups in total. The Hall–Kier alpha value is -2.82. The number of hydrogen-bond acceptors (Lipinski definition) is 5. The molecular formula is C17H15NO4. The first-order valence-electron chi connectivity index (χ1n) is 6.80. The molecule has 0 aliphatic carbocycles. The van der Waals surface area contributed by atoms with Gasteiger partial charge in [0.05, 0.1) is 20.6 Å². The van der Waals surface area contributed by atoms with E-state index in [9.17, 15) is 4.79 Å². The van der Waals surface area contributed by atoms with Crippen molar-refractivity contribution in [3.8, 4) is 11.5 Å². The van der Waals surface area contributed by atoms with Crippen molar-refractivity contribution in [1.82, 2.24) is 4.98 Å². The fraction of sp³-hybridized carbons (Fsp3) is 0.176. The van der Waals surface area contributed by atoms with Gasteiger partial charge in [0.15, 0.2) is 11.4 Å². The van der Waals surface area contributed by atoms with Gasteiger partial charge in [0.2, 0.25) is 5.89 Å². The molecule has 0 saturated heterocycles. The number of nitrogens with zero attached hydrogens (tertiary/aromatic N) is 1. The van der Waals surface area contributed by atoms with Gasteiger partial charge in [0, 0.05) is 11.6 Å². The van der Waals surface area contributed by atoms with Crippen molar-refractivity contribution in [3.05, 3.63) is 53.9 Å². The highest BCUT2D eigenvalue weighted by atomic mass is 16.5. The molecule has 1 aromatic heterocycles. The number of ketones is 1. The van der Waals surface area contributed by atoms with Crippen molar-refractivity contribution in [2.24, 2.45) is 0 Å². The van der Waals surface area contributed by atoms with Crippen molar-refractivity contribution in [2.45, 2.75) is 6.42 Å². The molecule has 0 unspecified atom stereocenters. The molecule has 1 heterocycles. The zero-order valence-corrected chi connectivity index (χ0v) is 12.3. The quantitative estimate of drug-likeness (QED) is 0.676. The van der Waals surface area contributed by atoms with Crippen LogP contribution < -0.4 is 9.47 Å². The standard InChI is InChI=1S/C17H15NO4/c1-20-12-7-11(8-13(9-12)21-2)15(19)10-17-18-14-5-3-4-6-16(14)22-17/h3-9H,10H2,1-2H3. The molecule has 0 atom stereocenters. The van der Waals surface area contributed by atoms with Gasteiger partial charge in [0.1, 0.15) is 17.0 Å². The molecule has 0 fully saturated rings. The molecule has 2 aromatic carbocycles. The number of para-hydroxylation sites is 2. The van der Waals surface area contributed by atoms with Crippen LogP contribution >= 0.6 is 0 Å². The number of fused-ring (bicyclic) bond motifs is 1. The lowest BCUT2D eigenvalue weighted by atomic mass is 10.1. The first-order chi connectivity index (χ1) is 10.7. The average molecular weight is 297 g/mol. The Balaban J connectivity index is 1.87. The molecule has 5 heteroatoms. The summed E-state index contributed by atoms with van der Waals surface area (Å²) in [5.41, 5.74) is 1.92. The van der Waals surface area contributed by atoms with Crippen molar-refractivity contribution in [2.75, 3.05) is 14.2 Å². The average Bonchev–Trinajstić information content (AvgIpc) is 2.96. The Labute approximate surface area is 127 Å². The molecule has 5 nitrogen and oxygen atoms in total. The van der Waals surface area contributed by atoms with E-state index in [-0.39, 0.29) is 12.2 Å². The van der Waals surface area contributed by atoms with Crippen molar-refractivity contribution in [1.29, 1.82) is 0 Å². The Kier molecular flexibility index (Phi) is 3.78. The van der Waals surface area contributed by atoms with Crippen LogP contribution in [-0.2, 0) is 6.42 Å². The topological polar surface area (TPSA) is 61.6 Å². The van der Waals surface area contributed by atoms with Crippen molar-refractivity contribution >= 4 is 16.9 Å².